The topological polar surface area (TPSA) is 55.6 Å². The zero-order valence-corrected chi connectivity index (χ0v) is 15.7. The van der Waals surface area contributed by atoms with Gasteiger partial charge < -0.3 is 9.88 Å². The van der Waals surface area contributed by atoms with E-state index in [-0.39, 0.29) is 5.28 Å². The molecule has 5 nitrogen and oxygen atoms in total. The van der Waals surface area contributed by atoms with Gasteiger partial charge in [0.25, 0.3) is 0 Å². The van der Waals surface area contributed by atoms with Crippen LogP contribution >= 0.6 is 11.6 Å². The van der Waals surface area contributed by atoms with Gasteiger partial charge in [0.05, 0.1) is 6.33 Å². The molecule has 0 aliphatic rings. The summed E-state index contributed by atoms with van der Waals surface area (Å²) in [5.74, 6) is 0.679. The molecule has 0 aliphatic carbocycles. The summed E-state index contributed by atoms with van der Waals surface area (Å²) in [6, 6.07) is 8.71. The second-order valence-corrected chi connectivity index (χ2v) is 6.84. The molecule has 1 unspecified atom stereocenters. The fraction of sp³-hybridized carbons (Fsp3) is 0.421. The molecule has 2 aromatic heterocycles. The maximum Gasteiger partial charge on any atom is 0.226 e. The van der Waals surface area contributed by atoms with Crippen molar-refractivity contribution in [3.8, 4) is 0 Å². The Morgan fingerprint density at radius 3 is 2.88 bits per heavy atom. The highest BCUT2D eigenvalue weighted by Gasteiger charge is 2.15. The highest BCUT2D eigenvalue weighted by atomic mass is 35.5. The van der Waals surface area contributed by atoms with Crippen LogP contribution in [-0.4, -0.2) is 19.5 Å². The number of nitrogens with one attached hydrogen (secondary N) is 1. The molecular weight excluding hydrogens is 334 g/mol. The zero-order valence-electron chi connectivity index (χ0n) is 15.0. The van der Waals surface area contributed by atoms with Gasteiger partial charge in [0.15, 0.2) is 17.0 Å². The van der Waals surface area contributed by atoms with Crippen LogP contribution in [0, 0.1) is 6.92 Å². The molecule has 1 N–H and O–H groups in total. The van der Waals surface area contributed by atoms with Crippen LogP contribution in [0.15, 0.2) is 30.6 Å². The summed E-state index contributed by atoms with van der Waals surface area (Å²) >= 11 is 6.17. The van der Waals surface area contributed by atoms with Gasteiger partial charge in [-0.1, -0.05) is 49.6 Å². The molecule has 0 spiro atoms. The van der Waals surface area contributed by atoms with Gasteiger partial charge in [-0.15, -0.1) is 0 Å². The lowest BCUT2D eigenvalue weighted by Gasteiger charge is -2.13. The van der Waals surface area contributed by atoms with E-state index in [1.165, 1.54) is 24.0 Å². The summed E-state index contributed by atoms with van der Waals surface area (Å²) in [5, 5.41) is 3.60. The van der Waals surface area contributed by atoms with Gasteiger partial charge in [0, 0.05) is 12.6 Å². The lowest BCUT2D eigenvalue weighted by Crippen LogP contribution is -2.07. The van der Waals surface area contributed by atoms with Gasteiger partial charge in [-0.05, 0) is 37.4 Å². The first-order chi connectivity index (χ1) is 12.1. The van der Waals surface area contributed by atoms with Crippen LogP contribution in [0.3, 0.4) is 0 Å². The summed E-state index contributed by atoms with van der Waals surface area (Å²) < 4.78 is 2.09. The Morgan fingerprint density at radius 1 is 1.28 bits per heavy atom. The number of halogens is 1. The first-order valence-corrected chi connectivity index (χ1v) is 9.15. The van der Waals surface area contributed by atoms with E-state index < -0.39 is 0 Å². The summed E-state index contributed by atoms with van der Waals surface area (Å²) in [7, 11) is 0. The average Bonchev–Trinajstić information content (AvgIpc) is 3.01. The van der Waals surface area contributed by atoms with E-state index in [1.54, 1.807) is 0 Å². The molecule has 3 rings (SSSR count). The van der Waals surface area contributed by atoms with Gasteiger partial charge in [0.2, 0.25) is 5.28 Å². The van der Waals surface area contributed by atoms with Crippen LogP contribution in [-0.2, 0) is 6.54 Å². The number of aromatic nitrogens is 4. The minimum Gasteiger partial charge on any atom is -0.364 e. The first-order valence-electron chi connectivity index (χ1n) is 8.78. The molecule has 0 saturated heterocycles. The highest BCUT2D eigenvalue weighted by Crippen LogP contribution is 2.25. The third kappa shape index (κ3) is 4.10. The van der Waals surface area contributed by atoms with Crippen LogP contribution in [0.4, 0.5) is 5.82 Å². The van der Waals surface area contributed by atoms with Crippen molar-refractivity contribution in [1.82, 2.24) is 19.5 Å². The summed E-state index contributed by atoms with van der Waals surface area (Å²) in [5.41, 5.74) is 3.98. The van der Waals surface area contributed by atoms with Crippen LogP contribution < -0.4 is 5.32 Å². The molecule has 0 aliphatic heterocycles. The number of anilines is 1. The normalized spacial score (nSPS) is 12.5. The van der Waals surface area contributed by atoms with Gasteiger partial charge >= 0.3 is 0 Å². The second-order valence-electron chi connectivity index (χ2n) is 6.50. The predicted molar refractivity (Wildman–Crippen MR) is 103 cm³/mol. The van der Waals surface area contributed by atoms with Crippen molar-refractivity contribution in [3.05, 3.63) is 47.0 Å². The molecule has 0 radical (unpaired) electrons. The average molecular weight is 358 g/mol. The number of fused-ring (bicyclic) bond motifs is 1. The Bertz CT molecular complexity index is 858. The Kier molecular flexibility index (Phi) is 5.53. The predicted octanol–water partition coefficient (Wildman–Crippen LogP) is 5.15. The molecule has 1 aromatic carbocycles. The molecule has 0 amide bonds. The second kappa shape index (κ2) is 7.83. The molecule has 132 valence electrons. The largest absolute Gasteiger partial charge is 0.364 e. The van der Waals surface area contributed by atoms with Gasteiger partial charge in [-0.2, -0.15) is 9.97 Å². The number of rotatable bonds is 7. The summed E-state index contributed by atoms with van der Waals surface area (Å²) in [4.78, 5) is 13.3. The third-order valence-electron chi connectivity index (χ3n) is 4.39. The zero-order chi connectivity index (χ0) is 17.8. The Balaban J connectivity index is 1.87. The first kappa shape index (κ1) is 17.7. The van der Waals surface area contributed by atoms with Gasteiger partial charge in [-0.3, -0.25) is 0 Å². The number of hydrogen-bond donors (Lipinski definition) is 1. The molecular formula is C19H24ClN5. The van der Waals surface area contributed by atoms with Crippen molar-refractivity contribution in [2.45, 2.75) is 52.6 Å². The van der Waals surface area contributed by atoms with Gasteiger partial charge in [-0.25, -0.2) is 4.98 Å². The SMILES string of the molecule is CCCCC(C)n1cnc2c(NCc3cccc(C)c3)nc(Cl)nc21. The molecule has 25 heavy (non-hydrogen) atoms. The lowest BCUT2D eigenvalue weighted by atomic mass is 10.1. The van der Waals surface area contributed by atoms with Crippen LogP contribution in [0.1, 0.15) is 50.3 Å². The van der Waals surface area contributed by atoms with E-state index in [4.69, 9.17) is 11.6 Å². The highest BCUT2D eigenvalue weighted by molar-refractivity contribution is 6.28. The van der Waals surface area contributed by atoms with E-state index in [9.17, 15) is 0 Å². The van der Waals surface area contributed by atoms with Gasteiger partial charge in [0.1, 0.15) is 0 Å². The molecule has 0 bridgehead atoms. The number of unbranched alkanes of at least 4 members (excludes halogenated alkanes) is 1. The van der Waals surface area contributed by atoms with E-state index in [0.717, 1.165) is 17.6 Å². The van der Waals surface area contributed by atoms with Crippen molar-refractivity contribution in [2.75, 3.05) is 5.32 Å². The van der Waals surface area contributed by atoms with E-state index in [2.05, 4.69) is 69.9 Å². The van der Waals surface area contributed by atoms with Crippen molar-refractivity contribution >= 4 is 28.6 Å². The number of aryl methyl sites for hydroxylation is 1. The minimum atomic E-state index is 0.240. The summed E-state index contributed by atoms with van der Waals surface area (Å²) in [6.45, 7) is 7.14. The maximum atomic E-state index is 6.17. The fourth-order valence-electron chi connectivity index (χ4n) is 2.98. The molecule has 0 saturated carbocycles. The number of benzene rings is 1. The molecule has 6 heteroatoms. The minimum absolute atomic E-state index is 0.240. The number of hydrogen-bond acceptors (Lipinski definition) is 4. The van der Waals surface area contributed by atoms with Crippen molar-refractivity contribution < 1.29 is 0 Å². The molecule has 1 atom stereocenters. The Hall–Kier alpha value is -2.14. The maximum absolute atomic E-state index is 6.17. The van der Waals surface area contributed by atoms with E-state index >= 15 is 0 Å². The smallest absolute Gasteiger partial charge is 0.226 e. The quantitative estimate of drug-likeness (QED) is 0.594. The standard InChI is InChI=1S/C19H24ClN5/c1-4-5-8-14(3)25-12-22-16-17(23-19(20)24-18(16)25)21-11-15-9-6-7-13(2)10-15/h6-7,9-10,12,14H,4-5,8,11H2,1-3H3,(H,21,23,24). The third-order valence-corrected chi connectivity index (χ3v) is 4.56. The number of imidazole rings is 1. The van der Waals surface area contributed by atoms with Crippen molar-refractivity contribution in [1.29, 1.82) is 0 Å². The van der Waals surface area contributed by atoms with Crippen LogP contribution in [0.25, 0.3) is 11.2 Å². The molecule has 3 aromatic rings. The molecule has 0 fully saturated rings. The Morgan fingerprint density at radius 2 is 2.12 bits per heavy atom. The van der Waals surface area contributed by atoms with Crippen LogP contribution in [0.5, 0.6) is 0 Å². The Labute approximate surface area is 153 Å². The fourth-order valence-corrected chi connectivity index (χ4v) is 3.15. The van der Waals surface area contributed by atoms with Crippen molar-refractivity contribution in [2.24, 2.45) is 0 Å². The lowest BCUT2D eigenvalue weighted by molar-refractivity contribution is 0.493. The summed E-state index contributed by atoms with van der Waals surface area (Å²) in [6.07, 6.45) is 5.29. The van der Waals surface area contributed by atoms with E-state index in [1.807, 2.05) is 6.33 Å². The monoisotopic (exact) mass is 357 g/mol. The van der Waals surface area contributed by atoms with Crippen molar-refractivity contribution in [3.63, 3.8) is 0 Å². The molecule has 2 heterocycles. The number of nitrogens with zero attached hydrogens (tertiary/aromatic N) is 4. The van der Waals surface area contributed by atoms with E-state index in [0.29, 0.717) is 18.4 Å². The van der Waals surface area contributed by atoms with Crippen LogP contribution in [0.2, 0.25) is 5.28 Å².